The van der Waals surface area contributed by atoms with Crippen LogP contribution in [0.5, 0.6) is 0 Å². The lowest BCUT2D eigenvalue weighted by Gasteiger charge is -2.13. The minimum absolute atomic E-state index is 0.173. The second kappa shape index (κ2) is 7.75. The number of hydrogen-bond donors (Lipinski definition) is 2. The van der Waals surface area contributed by atoms with E-state index in [1.165, 1.54) is 4.68 Å². The number of ether oxygens (including phenoxy) is 1. The van der Waals surface area contributed by atoms with Crippen molar-refractivity contribution in [3.63, 3.8) is 0 Å². The van der Waals surface area contributed by atoms with Crippen molar-refractivity contribution in [3.05, 3.63) is 17.5 Å². The molecule has 1 rings (SSSR count). The number of carbonyl (C=O) groups is 3. The molecular weight excluding hydrogens is 300 g/mol. The summed E-state index contributed by atoms with van der Waals surface area (Å²) in [4.78, 5) is 34.8. The molecule has 0 aliphatic heterocycles. The lowest BCUT2D eigenvalue weighted by Crippen LogP contribution is -2.39. The van der Waals surface area contributed by atoms with Gasteiger partial charge in [0.25, 0.3) is 5.91 Å². The lowest BCUT2D eigenvalue weighted by atomic mass is 9.92. The third kappa shape index (κ3) is 5.72. The molecule has 0 saturated carbocycles. The van der Waals surface area contributed by atoms with Gasteiger partial charge in [-0.1, -0.05) is 20.8 Å². The van der Waals surface area contributed by atoms with Gasteiger partial charge in [0.15, 0.2) is 0 Å². The first-order chi connectivity index (χ1) is 10.6. The van der Waals surface area contributed by atoms with Crippen LogP contribution in [0.15, 0.2) is 6.07 Å². The van der Waals surface area contributed by atoms with Crippen LogP contribution in [0.4, 0.5) is 0 Å². The minimum atomic E-state index is -0.520. The molecule has 2 amide bonds. The van der Waals surface area contributed by atoms with Crippen molar-refractivity contribution in [2.24, 2.45) is 7.05 Å². The molecule has 0 unspecified atom stereocenters. The topological polar surface area (TPSA) is 102 Å². The quantitative estimate of drug-likeness (QED) is 0.724. The first-order valence-corrected chi connectivity index (χ1v) is 7.40. The summed E-state index contributed by atoms with van der Waals surface area (Å²) < 4.78 is 6.16. The number of rotatable bonds is 6. The second-order valence-electron chi connectivity index (χ2n) is 6.05. The van der Waals surface area contributed by atoms with Gasteiger partial charge < -0.3 is 15.4 Å². The van der Waals surface area contributed by atoms with Crippen LogP contribution >= 0.6 is 0 Å². The van der Waals surface area contributed by atoms with E-state index in [4.69, 9.17) is 0 Å². The Morgan fingerprint density at radius 1 is 1.22 bits per heavy atom. The van der Waals surface area contributed by atoms with Crippen LogP contribution < -0.4 is 10.6 Å². The highest BCUT2D eigenvalue weighted by atomic mass is 16.5. The maximum absolute atomic E-state index is 12.1. The molecule has 0 radical (unpaired) electrons. The maximum Gasteiger partial charge on any atom is 0.325 e. The summed E-state index contributed by atoms with van der Waals surface area (Å²) in [5, 5.41) is 9.17. The van der Waals surface area contributed by atoms with Crippen LogP contribution in [0.2, 0.25) is 0 Å². The van der Waals surface area contributed by atoms with E-state index >= 15 is 0 Å². The van der Waals surface area contributed by atoms with E-state index in [2.05, 4.69) is 20.5 Å². The van der Waals surface area contributed by atoms with Gasteiger partial charge in [0, 0.05) is 12.5 Å². The van der Waals surface area contributed by atoms with Crippen LogP contribution in [-0.2, 0) is 26.8 Å². The van der Waals surface area contributed by atoms with Gasteiger partial charge in [-0.3, -0.25) is 19.1 Å². The number of aryl methyl sites for hydroxylation is 1. The summed E-state index contributed by atoms with van der Waals surface area (Å²) in [7, 11) is 1.67. The molecule has 1 aromatic rings. The molecule has 0 bridgehead atoms. The van der Waals surface area contributed by atoms with Crippen molar-refractivity contribution in [1.29, 1.82) is 0 Å². The molecule has 0 aromatic carbocycles. The monoisotopic (exact) mass is 324 g/mol. The van der Waals surface area contributed by atoms with Crippen molar-refractivity contribution >= 4 is 17.8 Å². The van der Waals surface area contributed by atoms with Crippen LogP contribution in [-0.4, -0.2) is 47.3 Å². The van der Waals surface area contributed by atoms with E-state index in [0.717, 1.165) is 5.69 Å². The van der Waals surface area contributed by atoms with Gasteiger partial charge in [-0.2, -0.15) is 5.10 Å². The fourth-order valence-corrected chi connectivity index (χ4v) is 1.74. The van der Waals surface area contributed by atoms with Crippen LogP contribution in [0, 0.1) is 0 Å². The summed E-state index contributed by atoms with van der Waals surface area (Å²) in [5.74, 6) is -1.39. The molecule has 0 saturated heterocycles. The van der Waals surface area contributed by atoms with E-state index in [1.54, 1.807) is 20.0 Å². The summed E-state index contributed by atoms with van der Waals surface area (Å²) in [5.41, 5.74) is 0.984. The van der Waals surface area contributed by atoms with Crippen LogP contribution in [0.3, 0.4) is 0 Å². The SMILES string of the molecule is CCOC(=O)CNC(=O)CNC(=O)c1cc(C(C)(C)C)nn1C. The van der Waals surface area contributed by atoms with Gasteiger partial charge in [-0.15, -0.1) is 0 Å². The van der Waals surface area contributed by atoms with Gasteiger partial charge in [-0.05, 0) is 13.0 Å². The van der Waals surface area contributed by atoms with Crippen molar-refractivity contribution in [3.8, 4) is 0 Å². The Morgan fingerprint density at radius 2 is 1.87 bits per heavy atom. The fraction of sp³-hybridized carbons (Fsp3) is 0.600. The molecule has 0 spiro atoms. The Morgan fingerprint density at radius 3 is 2.39 bits per heavy atom. The molecule has 0 aliphatic rings. The smallest absolute Gasteiger partial charge is 0.325 e. The molecule has 1 heterocycles. The van der Waals surface area contributed by atoms with Crippen molar-refractivity contribution in [1.82, 2.24) is 20.4 Å². The van der Waals surface area contributed by atoms with E-state index in [9.17, 15) is 14.4 Å². The van der Waals surface area contributed by atoms with Crippen LogP contribution in [0.25, 0.3) is 0 Å². The molecule has 1 aromatic heterocycles. The highest BCUT2D eigenvalue weighted by molar-refractivity contribution is 5.95. The predicted octanol–water partition coefficient (Wildman–Crippen LogP) is 0.127. The second-order valence-corrected chi connectivity index (χ2v) is 6.05. The van der Waals surface area contributed by atoms with E-state index < -0.39 is 17.8 Å². The zero-order valence-corrected chi connectivity index (χ0v) is 14.2. The minimum Gasteiger partial charge on any atom is -0.465 e. The summed E-state index contributed by atoms with van der Waals surface area (Å²) in [6.07, 6.45) is 0. The van der Waals surface area contributed by atoms with Gasteiger partial charge >= 0.3 is 5.97 Å². The first kappa shape index (κ1) is 18.7. The van der Waals surface area contributed by atoms with Crippen molar-refractivity contribution < 1.29 is 19.1 Å². The zero-order chi connectivity index (χ0) is 17.6. The fourth-order valence-electron chi connectivity index (χ4n) is 1.74. The number of amides is 2. The number of carbonyl (C=O) groups excluding carboxylic acids is 3. The normalized spacial score (nSPS) is 11.0. The average molecular weight is 324 g/mol. The highest BCUT2D eigenvalue weighted by Gasteiger charge is 2.21. The van der Waals surface area contributed by atoms with Gasteiger partial charge in [-0.25, -0.2) is 0 Å². The van der Waals surface area contributed by atoms with E-state index in [-0.39, 0.29) is 25.1 Å². The Kier molecular flexibility index (Phi) is 6.29. The summed E-state index contributed by atoms with van der Waals surface area (Å²) in [6, 6.07) is 1.70. The van der Waals surface area contributed by atoms with Crippen molar-refractivity contribution in [2.75, 3.05) is 19.7 Å². The molecule has 8 nitrogen and oxygen atoms in total. The number of aromatic nitrogens is 2. The van der Waals surface area contributed by atoms with Crippen LogP contribution in [0.1, 0.15) is 43.9 Å². The molecular formula is C15H24N4O4. The van der Waals surface area contributed by atoms with E-state index in [0.29, 0.717) is 5.69 Å². The van der Waals surface area contributed by atoms with Gasteiger partial charge in [0.1, 0.15) is 12.2 Å². The van der Waals surface area contributed by atoms with Crippen molar-refractivity contribution in [2.45, 2.75) is 33.1 Å². The van der Waals surface area contributed by atoms with E-state index in [1.807, 2.05) is 20.8 Å². The third-order valence-corrected chi connectivity index (χ3v) is 3.03. The molecule has 128 valence electrons. The van der Waals surface area contributed by atoms with Gasteiger partial charge in [0.2, 0.25) is 5.91 Å². The standard InChI is InChI=1S/C15H24N4O4/c1-6-23-13(21)9-16-12(20)8-17-14(22)10-7-11(15(2,3)4)18-19(10)5/h7H,6,8-9H2,1-5H3,(H,16,20)(H,17,22). The molecule has 0 fully saturated rings. The molecule has 2 N–H and O–H groups in total. The Hall–Kier alpha value is -2.38. The Balaban J connectivity index is 2.52. The molecule has 8 heteroatoms. The number of nitrogens with one attached hydrogen (secondary N) is 2. The summed E-state index contributed by atoms with van der Waals surface area (Å²) >= 11 is 0. The largest absolute Gasteiger partial charge is 0.465 e. The predicted molar refractivity (Wildman–Crippen MR) is 83.9 cm³/mol. The zero-order valence-electron chi connectivity index (χ0n) is 14.2. The number of hydrogen-bond acceptors (Lipinski definition) is 5. The molecule has 0 aliphatic carbocycles. The Bertz CT molecular complexity index is 587. The maximum atomic E-state index is 12.1. The first-order valence-electron chi connectivity index (χ1n) is 7.40. The molecule has 23 heavy (non-hydrogen) atoms. The Labute approximate surface area is 135 Å². The number of nitrogens with zero attached hydrogens (tertiary/aromatic N) is 2. The summed E-state index contributed by atoms with van der Waals surface area (Å²) in [6.45, 7) is 7.48. The third-order valence-electron chi connectivity index (χ3n) is 3.03. The lowest BCUT2D eigenvalue weighted by molar-refractivity contribution is -0.143. The number of esters is 1. The average Bonchev–Trinajstić information content (AvgIpc) is 2.85. The van der Waals surface area contributed by atoms with Gasteiger partial charge in [0.05, 0.1) is 18.8 Å². The molecule has 0 atom stereocenters. The highest BCUT2D eigenvalue weighted by Crippen LogP contribution is 2.21.